The number of hydrogen-bond donors (Lipinski definition) is 4. The van der Waals surface area contributed by atoms with Crippen molar-refractivity contribution in [1.29, 1.82) is 0 Å². The highest BCUT2D eigenvalue weighted by Gasteiger charge is 2.43. The Hall–Kier alpha value is -3.77. The van der Waals surface area contributed by atoms with Crippen molar-refractivity contribution in [2.75, 3.05) is 11.5 Å². The molecule has 4 heterocycles. The largest absolute Gasteiger partial charge is 0.464 e. The van der Waals surface area contributed by atoms with Crippen molar-refractivity contribution in [1.82, 2.24) is 24.4 Å². The molecule has 0 radical (unpaired) electrons. The normalized spacial score (nSPS) is 18.7. The van der Waals surface area contributed by atoms with Crippen molar-refractivity contribution in [3.63, 3.8) is 0 Å². The smallest absolute Gasteiger partial charge is 0.424 e. The second kappa shape index (κ2) is 12.4. The number of nitrogens with one attached hydrogen (secondary N) is 2. The lowest BCUT2D eigenvalue weighted by atomic mass is 9.96. The maximum Gasteiger partial charge on any atom is 0.424 e. The summed E-state index contributed by atoms with van der Waals surface area (Å²) >= 11 is 7.72. The zero-order chi connectivity index (χ0) is 34.5. The monoisotopic (exact) mass is 704 g/mol. The minimum Gasteiger partial charge on any atom is -0.464 e. The van der Waals surface area contributed by atoms with E-state index in [1.54, 1.807) is 33.0 Å². The zero-order valence-electron chi connectivity index (χ0n) is 26.2. The van der Waals surface area contributed by atoms with Gasteiger partial charge in [-0.05, 0) is 70.7 Å². The number of rotatable bonds is 8. The Morgan fingerprint density at radius 1 is 1.11 bits per heavy atom. The molecule has 3 aromatic heterocycles. The number of pyridine rings is 1. The first-order valence-electron chi connectivity index (χ1n) is 14.2. The van der Waals surface area contributed by atoms with E-state index in [-0.39, 0.29) is 15.6 Å². The van der Waals surface area contributed by atoms with E-state index < -0.39 is 51.3 Å². The Labute approximate surface area is 279 Å². The highest BCUT2D eigenvalue weighted by Crippen LogP contribution is 2.42. The molecule has 5 rings (SSSR count). The van der Waals surface area contributed by atoms with Crippen molar-refractivity contribution in [2.45, 2.75) is 64.5 Å². The van der Waals surface area contributed by atoms with Crippen LogP contribution in [0.1, 0.15) is 63.7 Å². The van der Waals surface area contributed by atoms with Gasteiger partial charge >= 0.3 is 12.2 Å². The Morgan fingerprint density at radius 2 is 1.81 bits per heavy atom. The van der Waals surface area contributed by atoms with Crippen LogP contribution in [-0.2, 0) is 25.3 Å². The summed E-state index contributed by atoms with van der Waals surface area (Å²) in [6.45, 7) is 11.0. The highest BCUT2D eigenvalue weighted by molar-refractivity contribution is 7.87. The van der Waals surface area contributed by atoms with Gasteiger partial charge in [-0.2, -0.15) is 17.9 Å². The van der Waals surface area contributed by atoms with E-state index in [1.807, 2.05) is 51.1 Å². The van der Waals surface area contributed by atoms with Gasteiger partial charge in [-0.1, -0.05) is 29.8 Å². The number of thiophene rings is 1. The lowest BCUT2D eigenvalue weighted by molar-refractivity contribution is -0.159. The van der Waals surface area contributed by atoms with E-state index >= 15 is 0 Å². The summed E-state index contributed by atoms with van der Waals surface area (Å²) in [6, 6.07) is 9.84. The van der Waals surface area contributed by atoms with Crippen LogP contribution in [0.25, 0.3) is 21.3 Å². The molecule has 2 amide bonds. The number of fused-ring (bicyclic) bond motifs is 1. The number of nitrogens with zero attached hydrogens (tertiary/aromatic N) is 4. The molecule has 1 saturated heterocycles. The Morgan fingerprint density at radius 3 is 2.43 bits per heavy atom. The Balaban J connectivity index is 1.65. The van der Waals surface area contributed by atoms with Gasteiger partial charge in [-0.25, -0.2) is 19.6 Å². The molecule has 0 spiro atoms. The van der Waals surface area contributed by atoms with Crippen molar-refractivity contribution >= 4 is 61.4 Å². The number of amides is 2. The molecule has 4 aromatic rings. The van der Waals surface area contributed by atoms with Crippen LogP contribution in [-0.4, -0.2) is 63.7 Å². The Bertz CT molecular complexity index is 1970. The van der Waals surface area contributed by atoms with Crippen LogP contribution >= 0.6 is 22.9 Å². The van der Waals surface area contributed by atoms with Crippen LogP contribution in [0.2, 0.25) is 5.02 Å². The molecule has 2 unspecified atom stereocenters. The summed E-state index contributed by atoms with van der Waals surface area (Å²) in [4.78, 5) is 36.3. The predicted molar refractivity (Wildman–Crippen MR) is 176 cm³/mol. The molecule has 2 atom stereocenters. The number of benzene rings is 1. The van der Waals surface area contributed by atoms with Crippen LogP contribution < -0.4 is 14.3 Å². The molecule has 4 N–H and O–H groups in total. The summed E-state index contributed by atoms with van der Waals surface area (Å²) in [5, 5.41) is 19.6. The summed E-state index contributed by atoms with van der Waals surface area (Å²) in [5.74, 6) is -1.48. The van der Waals surface area contributed by atoms with Crippen LogP contribution in [0.4, 0.5) is 15.5 Å². The third-order valence-electron chi connectivity index (χ3n) is 6.99. The zero-order valence-corrected chi connectivity index (χ0v) is 28.6. The number of halogens is 1. The van der Waals surface area contributed by atoms with Gasteiger partial charge in [0, 0.05) is 26.9 Å². The Kier molecular flexibility index (Phi) is 9.08. The van der Waals surface area contributed by atoms with E-state index in [9.17, 15) is 28.2 Å². The van der Waals surface area contributed by atoms with Gasteiger partial charge < -0.3 is 19.7 Å². The van der Waals surface area contributed by atoms with Crippen molar-refractivity contribution < 1.29 is 37.7 Å². The van der Waals surface area contributed by atoms with Crippen LogP contribution in [0, 0.1) is 0 Å². The molecule has 1 aliphatic heterocycles. The summed E-state index contributed by atoms with van der Waals surface area (Å²) in [6.07, 6.45) is -1.01. The van der Waals surface area contributed by atoms with Gasteiger partial charge in [-0.3, -0.25) is 4.98 Å². The van der Waals surface area contributed by atoms with Crippen LogP contribution in [0.15, 0.2) is 48.8 Å². The minimum atomic E-state index is -4.25. The lowest BCUT2D eigenvalue weighted by Crippen LogP contribution is -2.48. The first kappa shape index (κ1) is 34.6. The van der Waals surface area contributed by atoms with Gasteiger partial charge in [0.15, 0.2) is 5.79 Å². The molecule has 17 heteroatoms. The van der Waals surface area contributed by atoms with Gasteiger partial charge in [0.1, 0.15) is 11.6 Å². The summed E-state index contributed by atoms with van der Waals surface area (Å²) < 4.78 is 44.6. The third kappa shape index (κ3) is 7.54. The number of aromatic nitrogens is 3. The fourth-order valence-electron chi connectivity index (χ4n) is 5.16. The number of hydrogen-bond acceptors (Lipinski definition) is 10. The van der Waals surface area contributed by atoms with Crippen molar-refractivity contribution in [2.24, 2.45) is 0 Å². The van der Waals surface area contributed by atoms with E-state index in [0.29, 0.717) is 17.2 Å². The average Bonchev–Trinajstić information content (AvgIpc) is 3.51. The second-order valence-electron chi connectivity index (χ2n) is 12.5. The number of carbonyl (C=O) groups is 2. The van der Waals surface area contributed by atoms with Crippen LogP contribution in [0.3, 0.4) is 0 Å². The van der Waals surface area contributed by atoms with Gasteiger partial charge in [0.05, 0.1) is 29.2 Å². The molecule has 1 aliphatic rings. The first-order chi connectivity index (χ1) is 21.8. The maximum atomic E-state index is 13.4. The fraction of sp³-hybridized carbons (Fsp3) is 0.367. The van der Waals surface area contributed by atoms with Crippen molar-refractivity contribution in [3.8, 4) is 11.3 Å². The molecule has 47 heavy (non-hydrogen) atoms. The number of carboxylic acid groups (broad SMARTS) is 2. The number of imide groups is 1. The topological polar surface area (TPSA) is 193 Å². The van der Waals surface area contributed by atoms with Gasteiger partial charge in [0.25, 0.3) is 10.2 Å². The SMILES string of the molecule is CC(C)(C)NS(=O)(=O)NC(c1cc2cccc(-c3cc(C4(C)COC(C)(C)O4)ccn3)c2s1)c1nc(N(C(=O)O)C(=O)O)ncc1Cl. The molecule has 0 aliphatic carbocycles. The van der Waals surface area contributed by atoms with E-state index in [2.05, 4.69) is 24.4 Å². The molecular formula is C30H33ClN6O8S2. The quantitative estimate of drug-likeness (QED) is 0.171. The third-order valence-corrected chi connectivity index (χ3v) is 9.96. The highest BCUT2D eigenvalue weighted by atomic mass is 35.5. The van der Waals surface area contributed by atoms with Crippen LogP contribution in [0.5, 0.6) is 0 Å². The fourth-order valence-corrected chi connectivity index (χ4v) is 8.09. The maximum absolute atomic E-state index is 13.4. The van der Waals surface area contributed by atoms with E-state index in [1.165, 1.54) is 11.3 Å². The molecule has 250 valence electrons. The lowest BCUT2D eigenvalue weighted by Gasteiger charge is -2.25. The molecule has 0 bridgehead atoms. The molecule has 14 nitrogen and oxygen atoms in total. The number of anilines is 1. The molecule has 1 aromatic carbocycles. The average molecular weight is 705 g/mol. The molecular weight excluding hydrogens is 672 g/mol. The minimum absolute atomic E-state index is 0.0960. The van der Waals surface area contributed by atoms with E-state index in [4.69, 9.17) is 21.1 Å². The van der Waals surface area contributed by atoms with Gasteiger partial charge in [-0.15, -0.1) is 16.2 Å². The van der Waals surface area contributed by atoms with E-state index in [0.717, 1.165) is 27.4 Å². The molecule has 0 saturated carbocycles. The van der Waals surface area contributed by atoms with Crippen molar-refractivity contribution in [3.05, 3.63) is 69.9 Å². The first-order valence-corrected chi connectivity index (χ1v) is 16.9. The summed E-state index contributed by atoms with van der Waals surface area (Å²) in [7, 11) is -4.25. The van der Waals surface area contributed by atoms with Gasteiger partial charge in [0.2, 0.25) is 5.95 Å². The standard InChI is InChI=1S/C30H33ClN6O8S2/c1-28(2,3)36-47(42,43)35-23(22-19(31)14-33-25(34-22)37(26(38)39)27(40)41)21-12-16-8-7-9-18(24(16)46-21)20-13-17(10-11-32-20)30(6)15-44-29(4,5)45-30/h7-14,23,35-36H,15H2,1-6H3,(H,38,39)(H,40,41). The predicted octanol–water partition coefficient (Wildman–Crippen LogP) is 5.88. The number of ether oxygens (including phenoxy) is 2. The molecule has 1 fully saturated rings. The summed E-state index contributed by atoms with van der Waals surface area (Å²) in [5.41, 5.74) is 0.524. The second-order valence-corrected chi connectivity index (χ2v) is 15.5.